The number of fused-ring (bicyclic) bond motifs is 1. The summed E-state index contributed by atoms with van der Waals surface area (Å²) in [4.78, 5) is 20.8. The molecule has 0 unspecified atom stereocenters. The van der Waals surface area contributed by atoms with Gasteiger partial charge in [0.1, 0.15) is 11.8 Å². The minimum atomic E-state index is -1.25. The number of aromatic nitrogens is 2. The summed E-state index contributed by atoms with van der Waals surface area (Å²) in [5, 5.41) is 8.89. The van der Waals surface area contributed by atoms with E-state index in [9.17, 15) is 4.79 Å². The van der Waals surface area contributed by atoms with Crippen molar-refractivity contribution in [2.75, 3.05) is 6.61 Å². The molecular weight excluding hydrogens is 286 g/mol. The molecule has 1 heterocycles. The van der Waals surface area contributed by atoms with Gasteiger partial charge >= 0.3 is 6.16 Å². The molecule has 6 nitrogen and oxygen atoms in total. The second kappa shape index (κ2) is 5.97. The molecule has 2 aromatic rings. The Kier molecular flexibility index (Phi) is 4.28. The molecule has 0 aliphatic heterocycles. The summed E-state index contributed by atoms with van der Waals surface area (Å²) >= 11 is 0. The van der Waals surface area contributed by atoms with Crippen LogP contribution in [0.3, 0.4) is 0 Å². The number of nitrogens with zero attached hydrogens (tertiary/aromatic N) is 3. The van der Waals surface area contributed by atoms with E-state index in [-0.39, 0.29) is 0 Å². The fraction of sp³-hybridized carbons (Fsp3) is 0.357. The highest BCUT2D eigenvalue weighted by Gasteiger charge is 2.15. The quantitative estimate of drug-likeness (QED) is 0.641. The van der Waals surface area contributed by atoms with Crippen LogP contribution < -0.4 is 4.84 Å². The van der Waals surface area contributed by atoms with Crippen molar-refractivity contribution < 1.29 is 14.4 Å². The zero-order valence-corrected chi connectivity index (χ0v) is 13.3. The summed E-state index contributed by atoms with van der Waals surface area (Å²) in [6.07, 6.45) is 0.612. The first-order chi connectivity index (χ1) is 9.89. The largest absolute Gasteiger partial charge is 0.533 e. The Hall–Kier alpha value is -2.33. The van der Waals surface area contributed by atoms with Crippen molar-refractivity contribution in [3.05, 3.63) is 30.1 Å². The van der Waals surface area contributed by atoms with Gasteiger partial charge in [-0.25, -0.2) is 9.78 Å². The van der Waals surface area contributed by atoms with E-state index in [2.05, 4.69) is 24.6 Å². The molecule has 21 heavy (non-hydrogen) atoms. The number of imidazole rings is 1. The standard InChI is InChI=1S/C14H17N3O3Si/c1-21(2,3)7-6-19-14(18)20-17-10-16-12-5-4-11(9-15)8-13(12)17/h4-5,8,10H,6-7H2,1-3H3. The molecule has 110 valence electrons. The van der Waals surface area contributed by atoms with Crippen LogP contribution in [-0.4, -0.2) is 30.6 Å². The molecule has 0 radical (unpaired) electrons. The molecule has 0 saturated heterocycles. The lowest BCUT2D eigenvalue weighted by atomic mass is 10.2. The van der Waals surface area contributed by atoms with Gasteiger partial charge in [0.25, 0.3) is 0 Å². The van der Waals surface area contributed by atoms with Crippen LogP contribution in [0.15, 0.2) is 24.5 Å². The summed E-state index contributed by atoms with van der Waals surface area (Å²) in [7, 11) is -1.25. The van der Waals surface area contributed by atoms with Crippen LogP contribution in [0.4, 0.5) is 4.79 Å². The number of ether oxygens (including phenoxy) is 1. The second-order valence-electron chi connectivity index (χ2n) is 5.89. The Labute approximate surface area is 123 Å². The van der Waals surface area contributed by atoms with Crippen LogP contribution in [0, 0.1) is 11.3 Å². The molecule has 0 spiro atoms. The Bertz CT molecular complexity index is 698. The summed E-state index contributed by atoms with van der Waals surface area (Å²) < 4.78 is 6.27. The molecule has 0 atom stereocenters. The lowest BCUT2D eigenvalue weighted by molar-refractivity contribution is 0.0545. The molecular formula is C14H17N3O3Si. The molecule has 1 aromatic carbocycles. The Balaban J connectivity index is 2.03. The van der Waals surface area contributed by atoms with Gasteiger partial charge < -0.3 is 4.74 Å². The fourth-order valence-electron chi connectivity index (χ4n) is 1.68. The van der Waals surface area contributed by atoms with Gasteiger partial charge in [-0.2, -0.15) is 9.99 Å². The maximum Gasteiger partial charge on any atom is 0.533 e. The molecule has 0 aliphatic rings. The van der Waals surface area contributed by atoms with Crippen LogP contribution in [0.5, 0.6) is 0 Å². The van der Waals surface area contributed by atoms with Crippen molar-refractivity contribution in [1.29, 1.82) is 5.26 Å². The molecule has 0 fully saturated rings. The SMILES string of the molecule is C[Si](C)(C)CCOC(=O)On1cnc2ccc(C#N)cc21. The fourth-order valence-corrected chi connectivity index (χ4v) is 2.39. The van der Waals surface area contributed by atoms with E-state index in [4.69, 9.17) is 14.8 Å². The van der Waals surface area contributed by atoms with Gasteiger partial charge in [-0.3, -0.25) is 4.84 Å². The second-order valence-corrected chi connectivity index (χ2v) is 11.5. The van der Waals surface area contributed by atoms with Gasteiger partial charge in [-0.05, 0) is 24.2 Å². The highest BCUT2D eigenvalue weighted by Crippen LogP contribution is 2.14. The van der Waals surface area contributed by atoms with E-state index in [1.807, 2.05) is 6.07 Å². The maximum atomic E-state index is 11.7. The topological polar surface area (TPSA) is 77.1 Å². The lowest BCUT2D eigenvalue weighted by Crippen LogP contribution is -2.25. The number of hydrogen-bond acceptors (Lipinski definition) is 5. The first-order valence-corrected chi connectivity index (χ1v) is 10.3. The van der Waals surface area contributed by atoms with Crippen LogP contribution in [0.25, 0.3) is 11.0 Å². The number of benzene rings is 1. The van der Waals surface area contributed by atoms with E-state index in [1.54, 1.807) is 18.2 Å². The average molecular weight is 303 g/mol. The van der Waals surface area contributed by atoms with Crippen LogP contribution in [0.2, 0.25) is 25.7 Å². The summed E-state index contributed by atoms with van der Waals surface area (Å²) in [6.45, 7) is 6.96. The predicted molar refractivity (Wildman–Crippen MR) is 80.5 cm³/mol. The third kappa shape index (κ3) is 4.06. The lowest BCUT2D eigenvalue weighted by Gasteiger charge is -2.15. The van der Waals surface area contributed by atoms with Gasteiger partial charge in [0.2, 0.25) is 0 Å². The van der Waals surface area contributed by atoms with E-state index in [0.29, 0.717) is 23.2 Å². The Morgan fingerprint density at radius 1 is 1.43 bits per heavy atom. The Morgan fingerprint density at radius 2 is 2.19 bits per heavy atom. The monoisotopic (exact) mass is 303 g/mol. The van der Waals surface area contributed by atoms with Crippen molar-refractivity contribution in [2.45, 2.75) is 25.7 Å². The van der Waals surface area contributed by atoms with Gasteiger partial charge in [0.15, 0.2) is 0 Å². The maximum absolute atomic E-state index is 11.7. The van der Waals surface area contributed by atoms with Crippen molar-refractivity contribution in [3.63, 3.8) is 0 Å². The van der Waals surface area contributed by atoms with E-state index >= 15 is 0 Å². The summed E-state index contributed by atoms with van der Waals surface area (Å²) in [5.41, 5.74) is 1.67. The molecule has 0 amide bonds. The number of rotatable bonds is 4. The van der Waals surface area contributed by atoms with E-state index in [1.165, 1.54) is 11.1 Å². The molecule has 0 bridgehead atoms. The third-order valence-electron chi connectivity index (χ3n) is 2.89. The molecule has 0 N–H and O–H groups in total. The predicted octanol–water partition coefficient (Wildman–Crippen LogP) is 2.81. The number of nitriles is 1. The summed E-state index contributed by atoms with van der Waals surface area (Å²) in [5.74, 6) is 0. The highest BCUT2D eigenvalue weighted by molar-refractivity contribution is 6.76. The molecule has 1 aromatic heterocycles. The normalized spacial score (nSPS) is 11.1. The minimum absolute atomic E-state index is 0.352. The smallest absolute Gasteiger partial charge is 0.433 e. The van der Waals surface area contributed by atoms with E-state index < -0.39 is 14.2 Å². The Morgan fingerprint density at radius 3 is 2.86 bits per heavy atom. The highest BCUT2D eigenvalue weighted by atomic mass is 28.3. The van der Waals surface area contributed by atoms with Crippen molar-refractivity contribution in [2.24, 2.45) is 0 Å². The van der Waals surface area contributed by atoms with E-state index in [0.717, 1.165) is 6.04 Å². The molecule has 0 saturated carbocycles. The van der Waals surface area contributed by atoms with Gasteiger partial charge in [-0.1, -0.05) is 19.6 Å². The van der Waals surface area contributed by atoms with Crippen LogP contribution in [0.1, 0.15) is 5.56 Å². The molecule has 2 rings (SSSR count). The number of carbonyl (C=O) groups excluding carboxylic acids is 1. The number of carbonyl (C=O) groups is 1. The first-order valence-electron chi connectivity index (χ1n) is 6.61. The van der Waals surface area contributed by atoms with Crippen molar-refractivity contribution >= 4 is 25.3 Å². The molecule has 0 aliphatic carbocycles. The van der Waals surface area contributed by atoms with Crippen molar-refractivity contribution in [1.82, 2.24) is 9.71 Å². The number of hydrogen-bond donors (Lipinski definition) is 0. The van der Waals surface area contributed by atoms with Gasteiger partial charge in [0.05, 0.1) is 23.8 Å². The van der Waals surface area contributed by atoms with Crippen LogP contribution in [-0.2, 0) is 4.74 Å². The van der Waals surface area contributed by atoms with Gasteiger partial charge in [-0.15, -0.1) is 0 Å². The average Bonchev–Trinajstić information content (AvgIpc) is 2.79. The van der Waals surface area contributed by atoms with Gasteiger partial charge in [0, 0.05) is 8.07 Å². The van der Waals surface area contributed by atoms with Crippen LogP contribution >= 0.6 is 0 Å². The summed E-state index contributed by atoms with van der Waals surface area (Å²) in [6, 6.07) is 7.88. The third-order valence-corrected chi connectivity index (χ3v) is 4.59. The van der Waals surface area contributed by atoms with Crippen molar-refractivity contribution in [3.8, 4) is 6.07 Å². The molecule has 7 heteroatoms. The first kappa shape index (κ1) is 15.1. The zero-order chi connectivity index (χ0) is 15.5. The minimum Gasteiger partial charge on any atom is -0.433 e. The zero-order valence-electron chi connectivity index (χ0n) is 12.3.